The summed E-state index contributed by atoms with van der Waals surface area (Å²) >= 11 is 0. The average molecular weight is 385 g/mol. The van der Waals surface area contributed by atoms with E-state index in [1.54, 1.807) is 13.1 Å². The number of hydrogen-bond acceptors (Lipinski definition) is 4. The lowest BCUT2D eigenvalue weighted by Crippen LogP contribution is -2.47. The lowest BCUT2D eigenvalue weighted by molar-refractivity contribution is -0.134. The number of guanidine groups is 1. The zero-order valence-corrected chi connectivity index (χ0v) is 15.5. The maximum atomic E-state index is 12.9. The zero-order chi connectivity index (χ0) is 19.7. The number of nitrogens with two attached hydrogens (primary N) is 1. The van der Waals surface area contributed by atoms with Crippen molar-refractivity contribution in [3.8, 4) is 0 Å². The fourth-order valence-corrected chi connectivity index (χ4v) is 4.13. The van der Waals surface area contributed by atoms with Crippen molar-refractivity contribution in [1.82, 2.24) is 4.90 Å². The first-order valence-corrected chi connectivity index (χ1v) is 9.41. The highest BCUT2D eigenvalue weighted by molar-refractivity contribution is 6.06. The Hall–Kier alpha value is -1.83. The molecule has 1 fully saturated rings. The van der Waals surface area contributed by atoms with Crippen molar-refractivity contribution in [1.29, 1.82) is 0 Å². The third-order valence-electron chi connectivity index (χ3n) is 5.67. The van der Waals surface area contributed by atoms with E-state index in [0.29, 0.717) is 12.3 Å². The van der Waals surface area contributed by atoms with Gasteiger partial charge >= 0.3 is 6.18 Å². The van der Waals surface area contributed by atoms with Crippen molar-refractivity contribution in [2.24, 2.45) is 16.6 Å². The maximum absolute atomic E-state index is 12.9. The summed E-state index contributed by atoms with van der Waals surface area (Å²) in [6.07, 6.45) is 4.63. The fourth-order valence-electron chi connectivity index (χ4n) is 4.13. The average Bonchev–Trinajstić information content (AvgIpc) is 2.85. The number of aliphatic imine (C=N–C) groups is 1. The van der Waals surface area contributed by atoms with E-state index in [2.05, 4.69) is 4.99 Å². The lowest BCUT2D eigenvalue weighted by atomic mass is 9.79. The summed E-state index contributed by atoms with van der Waals surface area (Å²) < 4.78 is 44.6. The molecule has 3 aliphatic rings. The van der Waals surface area contributed by atoms with Gasteiger partial charge in [0.05, 0.1) is 12.7 Å². The number of rotatable bonds is 5. The van der Waals surface area contributed by atoms with Gasteiger partial charge < -0.3 is 10.5 Å². The third-order valence-corrected chi connectivity index (χ3v) is 5.67. The number of carbonyl (C=O) groups is 1. The molecule has 1 amide bonds. The topological polar surface area (TPSA) is 67.9 Å². The predicted octanol–water partition coefficient (Wildman–Crippen LogP) is 3.32. The number of halogens is 3. The minimum absolute atomic E-state index is 0.0620. The number of alkyl halides is 3. The van der Waals surface area contributed by atoms with Gasteiger partial charge in [-0.25, -0.2) is 4.99 Å². The van der Waals surface area contributed by atoms with Crippen molar-refractivity contribution in [2.75, 3.05) is 13.7 Å². The number of ether oxygens (including phenoxy) is 1. The number of likely N-dealkylation sites (N-methyl/N-ethyl adjacent to an activating group) is 1. The zero-order valence-electron chi connectivity index (χ0n) is 15.5. The van der Waals surface area contributed by atoms with Crippen LogP contribution in [0.15, 0.2) is 28.8 Å². The monoisotopic (exact) mass is 385 g/mol. The number of amides is 1. The van der Waals surface area contributed by atoms with Gasteiger partial charge in [-0.15, -0.1) is 0 Å². The van der Waals surface area contributed by atoms with Gasteiger partial charge in [-0.3, -0.25) is 9.69 Å². The molecule has 0 aromatic carbocycles. The van der Waals surface area contributed by atoms with Crippen molar-refractivity contribution >= 4 is 11.9 Å². The van der Waals surface area contributed by atoms with Crippen LogP contribution >= 0.6 is 0 Å². The number of hydrogen-bond donors (Lipinski definition) is 1. The molecule has 0 spiro atoms. The number of carbonyl (C=O) groups excluding carboxylic acids is 1. The van der Waals surface area contributed by atoms with Crippen LogP contribution in [0.25, 0.3) is 0 Å². The Morgan fingerprint density at radius 1 is 1.33 bits per heavy atom. The fraction of sp³-hybridized carbons (Fsp3) is 0.684. The molecule has 27 heavy (non-hydrogen) atoms. The second-order valence-electron chi connectivity index (χ2n) is 7.70. The summed E-state index contributed by atoms with van der Waals surface area (Å²) in [6.45, 7) is -0.0620. The van der Waals surface area contributed by atoms with E-state index in [1.165, 1.54) is 17.4 Å². The summed E-state index contributed by atoms with van der Waals surface area (Å²) in [4.78, 5) is 18.6. The number of allylic oxidation sites excluding steroid dienone is 2. The lowest BCUT2D eigenvalue weighted by Gasteiger charge is -2.32. The molecule has 0 radical (unpaired) electrons. The van der Waals surface area contributed by atoms with Crippen LogP contribution in [0.1, 0.15) is 44.9 Å². The van der Waals surface area contributed by atoms with Crippen LogP contribution in [0.3, 0.4) is 0 Å². The highest BCUT2D eigenvalue weighted by Gasteiger charge is 2.48. The molecule has 5 nitrogen and oxygen atoms in total. The molecule has 2 aliphatic carbocycles. The van der Waals surface area contributed by atoms with Gasteiger partial charge in [-0.1, -0.05) is 50.3 Å². The SMILES string of the molecule is CN1C(=O)C(COC2C=CC=C(C(F)(F)F)C2)(CC2CCCCC2)N=C1N. The van der Waals surface area contributed by atoms with Gasteiger partial charge in [-0.2, -0.15) is 13.2 Å². The highest BCUT2D eigenvalue weighted by atomic mass is 19.4. The molecule has 0 aromatic heterocycles. The summed E-state index contributed by atoms with van der Waals surface area (Å²) in [7, 11) is 1.56. The Morgan fingerprint density at radius 2 is 2.04 bits per heavy atom. The van der Waals surface area contributed by atoms with Gasteiger partial charge in [0.1, 0.15) is 0 Å². The van der Waals surface area contributed by atoms with E-state index < -0.39 is 23.4 Å². The summed E-state index contributed by atoms with van der Waals surface area (Å²) in [5.74, 6) is 0.244. The van der Waals surface area contributed by atoms with Gasteiger partial charge in [0.15, 0.2) is 11.5 Å². The molecule has 1 aliphatic heterocycles. The molecule has 0 saturated heterocycles. The van der Waals surface area contributed by atoms with Gasteiger partial charge in [0.25, 0.3) is 5.91 Å². The maximum Gasteiger partial charge on any atom is 0.412 e. The molecule has 0 aromatic rings. The van der Waals surface area contributed by atoms with Gasteiger partial charge in [0, 0.05) is 19.0 Å². The molecule has 2 unspecified atom stereocenters. The van der Waals surface area contributed by atoms with Crippen molar-refractivity contribution in [3.63, 3.8) is 0 Å². The number of nitrogens with zero attached hydrogens (tertiary/aromatic N) is 2. The standard InChI is InChI=1S/C19H26F3N3O2/c1-25-16(26)18(24-17(25)23,11-13-6-3-2-4-7-13)12-27-15-9-5-8-14(10-15)19(20,21)22/h5,8-9,13,15H,2-4,6-7,10-12H2,1H3,(H2,23,24). The quantitative estimate of drug-likeness (QED) is 0.789. The Kier molecular flexibility index (Phi) is 5.65. The second kappa shape index (κ2) is 7.66. The van der Waals surface area contributed by atoms with E-state index >= 15 is 0 Å². The van der Waals surface area contributed by atoms with E-state index in [-0.39, 0.29) is 24.9 Å². The summed E-state index contributed by atoms with van der Waals surface area (Å²) in [6, 6.07) is 0. The van der Waals surface area contributed by atoms with Crippen molar-refractivity contribution in [2.45, 2.75) is 62.8 Å². The molecular weight excluding hydrogens is 359 g/mol. The van der Waals surface area contributed by atoms with Crippen LogP contribution in [0.2, 0.25) is 0 Å². The minimum atomic E-state index is -4.38. The van der Waals surface area contributed by atoms with Crippen molar-refractivity contribution < 1.29 is 22.7 Å². The molecule has 3 rings (SSSR count). The van der Waals surface area contributed by atoms with E-state index in [1.807, 2.05) is 0 Å². The van der Waals surface area contributed by atoms with E-state index in [4.69, 9.17) is 10.5 Å². The molecule has 0 bridgehead atoms. The third kappa shape index (κ3) is 4.36. The van der Waals surface area contributed by atoms with Crippen LogP contribution in [0, 0.1) is 5.92 Å². The minimum Gasteiger partial charge on any atom is -0.371 e. The van der Waals surface area contributed by atoms with Crippen LogP contribution in [-0.4, -0.2) is 48.2 Å². The predicted molar refractivity (Wildman–Crippen MR) is 96.0 cm³/mol. The highest BCUT2D eigenvalue weighted by Crippen LogP contribution is 2.37. The van der Waals surface area contributed by atoms with Crippen molar-refractivity contribution in [3.05, 3.63) is 23.8 Å². The Labute approximate surface area is 157 Å². The second-order valence-corrected chi connectivity index (χ2v) is 7.70. The molecule has 8 heteroatoms. The molecule has 150 valence electrons. The molecule has 2 atom stereocenters. The van der Waals surface area contributed by atoms with E-state index in [0.717, 1.165) is 31.8 Å². The van der Waals surface area contributed by atoms with Crippen LogP contribution in [-0.2, 0) is 9.53 Å². The first-order valence-electron chi connectivity index (χ1n) is 9.41. The molecule has 1 heterocycles. The van der Waals surface area contributed by atoms with Gasteiger partial charge in [0.2, 0.25) is 0 Å². The van der Waals surface area contributed by atoms with Crippen LogP contribution < -0.4 is 5.73 Å². The smallest absolute Gasteiger partial charge is 0.371 e. The molecular formula is C19H26F3N3O2. The summed E-state index contributed by atoms with van der Waals surface area (Å²) in [5, 5.41) is 0. The Bertz CT molecular complexity index is 666. The van der Waals surface area contributed by atoms with E-state index in [9.17, 15) is 18.0 Å². The largest absolute Gasteiger partial charge is 0.412 e. The van der Waals surface area contributed by atoms with Crippen LogP contribution in [0.5, 0.6) is 0 Å². The first-order chi connectivity index (χ1) is 12.7. The van der Waals surface area contributed by atoms with Gasteiger partial charge in [-0.05, 0) is 12.3 Å². The molecule has 2 N–H and O–H groups in total. The summed E-state index contributed by atoms with van der Waals surface area (Å²) in [5.41, 5.74) is 4.10. The Balaban J connectivity index is 1.70. The normalized spacial score (nSPS) is 29.9. The van der Waals surface area contributed by atoms with Crippen LogP contribution in [0.4, 0.5) is 13.2 Å². The Morgan fingerprint density at radius 3 is 2.63 bits per heavy atom. The first kappa shape index (κ1) is 19.9. The molecule has 1 saturated carbocycles.